The summed E-state index contributed by atoms with van der Waals surface area (Å²) in [5.41, 5.74) is 4.53. The van der Waals surface area contributed by atoms with Gasteiger partial charge in [0, 0.05) is 6.54 Å². The highest BCUT2D eigenvalue weighted by molar-refractivity contribution is 4.88. The summed E-state index contributed by atoms with van der Waals surface area (Å²) in [6.45, 7) is 2.26. The molecule has 14 heavy (non-hydrogen) atoms. The molecule has 2 heteroatoms. The molecule has 0 spiro atoms. The van der Waals surface area contributed by atoms with E-state index in [-0.39, 0.29) is 12.5 Å². The molecule has 2 N–H and O–H groups in total. The molecule has 1 nitrogen and oxygen atoms in total. The van der Waals surface area contributed by atoms with Crippen molar-refractivity contribution in [2.24, 2.45) is 11.7 Å². The highest BCUT2D eigenvalue weighted by Crippen LogP contribution is 2.36. The van der Waals surface area contributed by atoms with Gasteiger partial charge >= 0.3 is 0 Å². The summed E-state index contributed by atoms with van der Waals surface area (Å²) in [5.74, 6) is 0.231. The Kier molecular flexibility index (Phi) is 4.86. The maximum absolute atomic E-state index is 14.5. The van der Waals surface area contributed by atoms with Crippen LogP contribution in [0.2, 0.25) is 0 Å². The average Bonchev–Trinajstić information content (AvgIpc) is 2.46. The van der Waals surface area contributed by atoms with Crippen LogP contribution in [0, 0.1) is 5.92 Å². The summed E-state index contributed by atoms with van der Waals surface area (Å²) in [4.78, 5) is 0. The molecule has 0 bridgehead atoms. The molecule has 1 saturated carbocycles. The van der Waals surface area contributed by atoms with Gasteiger partial charge in [0.05, 0.1) is 0 Å². The molecule has 0 heterocycles. The third-order valence-corrected chi connectivity index (χ3v) is 3.59. The number of nitrogens with two attached hydrogens (primary N) is 1. The molecule has 0 saturated heterocycles. The fraction of sp³-hybridized carbons (Fsp3) is 1.00. The number of hydrogen-bond acceptors (Lipinski definition) is 1. The van der Waals surface area contributed by atoms with Crippen molar-refractivity contribution in [2.45, 2.75) is 64.0 Å². The third kappa shape index (κ3) is 2.94. The molecular weight excluding hydrogens is 177 g/mol. The topological polar surface area (TPSA) is 26.0 Å². The second kappa shape index (κ2) is 5.69. The van der Waals surface area contributed by atoms with E-state index in [1.54, 1.807) is 0 Å². The lowest BCUT2D eigenvalue weighted by atomic mass is 9.80. The van der Waals surface area contributed by atoms with Crippen molar-refractivity contribution in [2.75, 3.05) is 6.54 Å². The van der Waals surface area contributed by atoms with Crippen LogP contribution in [-0.2, 0) is 0 Å². The van der Waals surface area contributed by atoms with Crippen molar-refractivity contribution in [3.8, 4) is 0 Å². The molecule has 1 atom stereocenters. The molecule has 1 aliphatic carbocycles. The molecule has 1 unspecified atom stereocenters. The Hall–Kier alpha value is -0.110. The molecule has 0 aromatic heterocycles. The predicted octanol–water partition coefficient (Wildman–Crippen LogP) is 3.42. The number of halogens is 1. The van der Waals surface area contributed by atoms with Crippen molar-refractivity contribution in [3.63, 3.8) is 0 Å². The highest BCUT2D eigenvalue weighted by Gasteiger charge is 2.36. The van der Waals surface area contributed by atoms with Gasteiger partial charge in [-0.25, -0.2) is 4.39 Å². The van der Waals surface area contributed by atoms with Gasteiger partial charge in [0.2, 0.25) is 0 Å². The lowest BCUT2D eigenvalue weighted by Gasteiger charge is -2.32. The molecule has 0 amide bonds. The van der Waals surface area contributed by atoms with E-state index >= 15 is 0 Å². The first kappa shape index (κ1) is 12.0. The van der Waals surface area contributed by atoms with Crippen molar-refractivity contribution in [1.82, 2.24) is 0 Å². The standard InChI is InChI=1S/C12H24FN/c1-2-9-12(13,10-14)11-7-5-3-4-6-8-11/h11H,2-10,14H2,1H3. The van der Waals surface area contributed by atoms with Crippen molar-refractivity contribution >= 4 is 0 Å². The molecule has 1 rings (SSSR count). The first-order valence-electron chi connectivity index (χ1n) is 6.12. The second-order valence-electron chi connectivity index (χ2n) is 4.68. The minimum Gasteiger partial charge on any atom is -0.328 e. The Labute approximate surface area is 87.3 Å². The van der Waals surface area contributed by atoms with Gasteiger partial charge in [-0.05, 0) is 25.2 Å². The van der Waals surface area contributed by atoms with E-state index in [1.165, 1.54) is 25.7 Å². The van der Waals surface area contributed by atoms with Crippen molar-refractivity contribution < 1.29 is 4.39 Å². The summed E-state index contributed by atoms with van der Waals surface area (Å²) in [6.07, 6.45) is 8.60. The van der Waals surface area contributed by atoms with E-state index in [0.717, 1.165) is 19.3 Å². The normalized spacial score (nSPS) is 24.2. The fourth-order valence-electron chi connectivity index (χ4n) is 2.69. The monoisotopic (exact) mass is 201 g/mol. The lowest BCUT2D eigenvalue weighted by Crippen LogP contribution is -2.40. The molecule has 0 aromatic carbocycles. The van der Waals surface area contributed by atoms with Gasteiger partial charge < -0.3 is 5.73 Å². The second-order valence-corrected chi connectivity index (χ2v) is 4.68. The van der Waals surface area contributed by atoms with Crippen LogP contribution < -0.4 is 5.73 Å². The van der Waals surface area contributed by atoms with E-state index in [2.05, 4.69) is 0 Å². The molecule has 0 aromatic rings. The summed E-state index contributed by atoms with van der Waals surface area (Å²) in [7, 11) is 0. The van der Waals surface area contributed by atoms with Crippen molar-refractivity contribution in [1.29, 1.82) is 0 Å². The average molecular weight is 201 g/mol. The predicted molar refractivity (Wildman–Crippen MR) is 59.0 cm³/mol. The SMILES string of the molecule is CCCC(F)(CN)C1CCCCCC1. The quantitative estimate of drug-likeness (QED) is 0.693. The maximum Gasteiger partial charge on any atom is 0.126 e. The van der Waals surface area contributed by atoms with Crippen LogP contribution in [0.25, 0.3) is 0 Å². The van der Waals surface area contributed by atoms with Gasteiger partial charge in [0.25, 0.3) is 0 Å². The number of alkyl halides is 1. The molecule has 1 aliphatic rings. The summed E-state index contributed by atoms with van der Waals surface area (Å²) in [6, 6.07) is 0. The van der Waals surface area contributed by atoms with E-state index in [1.807, 2.05) is 6.92 Å². The summed E-state index contributed by atoms with van der Waals surface area (Å²) >= 11 is 0. The van der Waals surface area contributed by atoms with Crippen LogP contribution >= 0.6 is 0 Å². The van der Waals surface area contributed by atoms with Crippen LogP contribution in [0.1, 0.15) is 58.3 Å². The van der Waals surface area contributed by atoms with E-state index in [4.69, 9.17) is 5.73 Å². The van der Waals surface area contributed by atoms with Crippen molar-refractivity contribution in [3.05, 3.63) is 0 Å². The Morgan fingerprint density at radius 2 is 1.79 bits per heavy atom. The van der Waals surface area contributed by atoms with E-state index < -0.39 is 5.67 Å². The van der Waals surface area contributed by atoms with Crippen LogP contribution in [0.5, 0.6) is 0 Å². The Morgan fingerprint density at radius 3 is 2.21 bits per heavy atom. The van der Waals surface area contributed by atoms with Gasteiger partial charge in [-0.2, -0.15) is 0 Å². The number of rotatable bonds is 4. The lowest BCUT2D eigenvalue weighted by molar-refractivity contribution is 0.0683. The van der Waals surface area contributed by atoms with Gasteiger partial charge in [0.15, 0.2) is 0 Å². The van der Waals surface area contributed by atoms with E-state index in [0.29, 0.717) is 6.42 Å². The first-order valence-corrected chi connectivity index (χ1v) is 6.12. The van der Waals surface area contributed by atoms with Gasteiger partial charge in [-0.15, -0.1) is 0 Å². The Bertz CT molecular complexity index is 152. The van der Waals surface area contributed by atoms with Crippen LogP contribution in [-0.4, -0.2) is 12.2 Å². The maximum atomic E-state index is 14.5. The van der Waals surface area contributed by atoms with Gasteiger partial charge in [-0.3, -0.25) is 0 Å². The zero-order valence-electron chi connectivity index (χ0n) is 9.40. The molecular formula is C12H24FN. The van der Waals surface area contributed by atoms with E-state index in [9.17, 15) is 4.39 Å². The smallest absolute Gasteiger partial charge is 0.126 e. The fourth-order valence-corrected chi connectivity index (χ4v) is 2.69. The third-order valence-electron chi connectivity index (χ3n) is 3.59. The molecule has 84 valence electrons. The minimum atomic E-state index is -1.07. The molecule has 0 aliphatic heterocycles. The largest absolute Gasteiger partial charge is 0.328 e. The minimum absolute atomic E-state index is 0.214. The molecule has 1 fully saturated rings. The summed E-state index contributed by atoms with van der Waals surface area (Å²) < 4.78 is 14.5. The number of hydrogen-bond donors (Lipinski definition) is 1. The first-order chi connectivity index (χ1) is 6.73. The van der Waals surface area contributed by atoms with Crippen LogP contribution in [0.15, 0.2) is 0 Å². The Morgan fingerprint density at radius 1 is 1.21 bits per heavy atom. The zero-order valence-corrected chi connectivity index (χ0v) is 9.40. The van der Waals surface area contributed by atoms with Crippen LogP contribution in [0.4, 0.5) is 4.39 Å². The van der Waals surface area contributed by atoms with Gasteiger partial charge in [0.1, 0.15) is 5.67 Å². The highest BCUT2D eigenvalue weighted by atomic mass is 19.1. The zero-order chi connectivity index (χ0) is 10.4. The molecule has 0 radical (unpaired) electrons. The van der Waals surface area contributed by atoms with Crippen LogP contribution in [0.3, 0.4) is 0 Å². The summed E-state index contributed by atoms with van der Waals surface area (Å²) in [5, 5.41) is 0. The Balaban J connectivity index is 2.56. The van der Waals surface area contributed by atoms with Gasteiger partial charge in [-0.1, -0.05) is 39.0 Å².